The Morgan fingerprint density at radius 1 is 1.38 bits per heavy atom. The number of carbonyl (C=O) groups excluding carboxylic acids is 2. The largest absolute Gasteiger partial charge is 0.363 e. The molecule has 0 spiro atoms. The van der Waals surface area contributed by atoms with Crippen LogP contribution in [0.25, 0.3) is 0 Å². The Balaban J connectivity index is 3.13. The summed E-state index contributed by atoms with van der Waals surface area (Å²) in [5.74, 6) is -3.34. The zero-order valence-corrected chi connectivity index (χ0v) is 10.8. The van der Waals surface area contributed by atoms with Gasteiger partial charge in [0.15, 0.2) is 4.32 Å². The molecule has 16 heavy (non-hydrogen) atoms. The molecule has 88 valence electrons. The second kappa shape index (κ2) is 5.09. The molecule has 2 atom stereocenters. The molecule has 8 heteroatoms. The molecule has 0 saturated carbocycles. The maximum atomic E-state index is 11.3. The molecule has 6 nitrogen and oxygen atoms in total. The third kappa shape index (κ3) is 2.34. The predicted octanol–water partition coefficient (Wildman–Crippen LogP) is 1.62. The average Bonchev–Trinajstić information content (AvgIpc) is 2.30. The summed E-state index contributed by atoms with van der Waals surface area (Å²) in [4.78, 5) is 29.7. The first-order chi connectivity index (χ1) is 7.45. The van der Waals surface area contributed by atoms with Crippen LogP contribution in [-0.2, 0) is 19.4 Å². The van der Waals surface area contributed by atoms with Gasteiger partial charge in [0.05, 0.1) is 0 Å². The first-order valence-corrected chi connectivity index (χ1v) is 5.51. The van der Waals surface area contributed by atoms with Crippen molar-refractivity contribution in [2.45, 2.75) is 4.32 Å². The van der Waals surface area contributed by atoms with E-state index in [1.54, 1.807) is 0 Å². The molecular formula is C8H6Br2O6. The van der Waals surface area contributed by atoms with E-state index >= 15 is 0 Å². The first kappa shape index (κ1) is 13.4. The molecule has 0 bridgehead atoms. The van der Waals surface area contributed by atoms with Crippen molar-refractivity contribution in [3.63, 3.8) is 0 Å². The van der Waals surface area contributed by atoms with Gasteiger partial charge >= 0.3 is 11.9 Å². The van der Waals surface area contributed by atoms with Crippen molar-refractivity contribution in [3.05, 3.63) is 22.7 Å². The fourth-order valence-corrected chi connectivity index (χ4v) is 2.12. The van der Waals surface area contributed by atoms with Crippen LogP contribution >= 0.6 is 31.9 Å². The minimum atomic E-state index is -1.61. The molecule has 0 aromatic rings. The van der Waals surface area contributed by atoms with Crippen molar-refractivity contribution in [2.75, 3.05) is 0 Å². The number of rotatable bonds is 2. The number of halogens is 2. The Kier molecular flexibility index (Phi) is 4.25. The first-order valence-electron chi connectivity index (χ1n) is 3.92. The summed E-state index contributed by atoms with van der Waals surface area (Å²) in [6.45, 7) is 0. The van der Waals surface area contributed by atoms with Gasteiger partial charge in [0, 0.05) is 4.48 Å². The highest BCUT2D eigenvalue weighted by Gasteiger charge is 2.49. The molecule has 1 rings (SSSR count). The van der Waals surface area contributed by atoms with Gasteiger partial charge in [-0.2, -0.15) is 10.5 Å². The van der Waals surface area contributed by atoms with E-state index in [0.29, 0.717) is 4.48 Å². The smallest absolute Gasteiger partial charge is 0.300 e. The predicted molar refractivity (Wildman–Crippen MR) is 58.7 cm³/mol. The van der Waals surface area contributed by atoms with Crippen LogP contribution in [0.2, 0.25) is 0 Å². The standard InChI is InChI=1S/C8H6Br2O6/c9-4-1-2-8(10,7(12)16-14)5(3-4)6(11)15-13/h1-3,5,13-14H. The number of hydrogen-bond donors (Lipinski definition) is 2. The monoisotopic (exact) mass is 356 g/mol. The van der Waals surface area contributed by atoms with E-state index in [1.165, 1.54) is 18.2 Å². The van der Waals surface area contributed by atoms with Gasteiger partial charge in [-0.15, -0.1) is 0 Å². The molecule has 1 aliphatic rings. The molecule has 0 saturated heterocycles. The second-order valence-corrected chi connectivity index (χ2v) is 5.15. The summed E-state index contributed by atoms with van der Waals surface area (Å²) in [6.07, 6.45) is 4.09. The summed E-state index contributed by atoms with van der Waals surface area (Å²) in [6, 6.07) is 0. The van der Waals surface area contributed by atoms with Gasteiger partial charge in [-0.25, -0.2) is 9.59 Å². The van der Waals surface area contributed by atoms with Crippen LogP contribution in [0.4, 0.5) is 0 Å². The number of alkyl halides is 1. The van der Waals surface area contributed by atoms with Crippen LogP contribution in [0.1, 0.15) is 0 Å². The molecule has 0 aromatic carbocycles. The Labute approximate surface area is 107 Å². The Bertz CT molecular complexity index is 377. The van der Waals surface area contributed by atoms with Crippen LogP contribution in [-0.4, -0.2) is 26.8 Å². The maximum absolute atomic E-state index is 11.3. The number of hydrogen-bond acceptors (Lipinski definition) is 6. The summed E-state index contributed by atoms with van der Waals surface area (Å²) < 4.78 is -1.09. The van der Waals surface area contributed by atoms with E-state index in [9.17, 15) is 9.59 Å². The normalized spacial score (nSPS) is 28.2. The fourth-order valence-electron chi connectivity index (χ4n) is 1.20. The van der Waals surface area contributed by atoms with E-state index in [-0.39, 0.29) is 0 Å². The molecule has 0 radical (unpaired) electrons. The van der Waals surface area contributed by atoms with Gasteiger partial charge < -0.3 is 4.89 Å². The maximum Gasteiger partial charge on any atom is 0.363 e. The summed E-state index contributed by atoms with van der Waals surface area (Å²) >= 11 is 6.06. The van der Waals surface area contributed by atoms with Crippen LogP contribution in [0.5, 0.6) is 0 Å². The summed E-state index contributed by atoms with van der Waals surface area (Å²) in [7, 11) is 0. The molecule has 2 unspecified atom stereocenters. The second-order valence-electron chi connectivity index (χ2n) is 2.92. The molecule has 0 heterocycles. The molecule has 0 fully saturated rings. The van der Waals surface area contributed by atoms with Crippen molar-refractivity contribution in [2.24, 2.45) is 5.92 Å². The van der Waals surface area contributed by atoms with Crippen LogP contribution in [0.15, 0.2) is 22.7 Å². The van der Waals surface area contributed by atoms with Gasteiger partial charge in [0.2, 0.25) is 0 Å². The summed E-state index contributed by atoms with van der Waals surface area (Å²) in [5, 5.41) is 16.6. The van der Waals surface area contributed by atoms with Crippen molar-refractivity contribution in [1.29, 1.82) is 0 Å². The zero-order chi connectivity index (χ0) is 12.3. The van der Waals surface area contributed by atoms with E-state index in [2.05, 4.69) is 41.6 Å². The molecule has 1 aliphatic carbocycles. The van der Waals surface area contributed by atoms with Gasteiger partial charge in [-0.1, -0.05) is 50.1 Å². The minimum absolute atomic E-state index is 0.517. The average molecular weight is 358 g/mol. The molecule has 2 N–H and O–H groups in total. The van der Waals surface area contributed by atoms with E-state index in [4.69, 9.17) is 10.5 Å². The van der Waals surface area contributed by atoms with Gasteiger partial charge in [-0.3, -0.25) is 4.89 Å². The lowest BCUT2D eigenvalue weighted by Crippen LogP contribution is -2.44. The number of allylic oxidation sites excluding steroid dienone is 2. The number of carbonyl (C=O) groups is 2. The lowest BCUT2D eigenvalue weighted by atomic mass is 9.88. The quantitative estimate of drug-likeness (QED) is 0.443. The van der Waals surface area contributed by atoms with E-state index in [1.807, 2.05) is 0 Å². The minimum Gasteiger partial charge on any atom is -0.300 e. The van der Waals surface area contributed by atoms with Gasteiger partial charge in [0.25, 0.3) is 0 Å². The highest BCUT2D eigenvalue weighted by atomic mass is 79.9. The molecule has 0 aromatic heterocycles. The molecular weight excluding hydrogens is 352 g/mol. The highest BCUT2D eigenvalue weighted by Crippen LogP contribution is 2.38. The third-order valence-corrected chi connectivity index (χ3v) is 3.61. The zero-order valence-electron chi connectivity index (χ0n) is 7.59. The van der Waals surface area contributed by atoms with Crippen molar-refractivity contribution < 1.29 is 29.9 Å². The van der Waals surface area contributed by atoms with E-state index < -0.39 is 22.2 Å². The van der Waals surface area contributed by atoms with Crippen molar-refractivity contribution >= 4 is 43.8 Å². The Morgan fingerprint density at radius 3 is 2.50 bits per heavy atom. The highest BCUT2D eigenvalue weighted by molar-refractivity contribution is 9.12. The molecule has 0 amide bonds. The lowest BCUT2D eigenvalue weighted by molar-refractivity contribution is -0.245. The summed E-state index contributed by atoms with van der Waals surface area (Å²) in [5.41, 5.74) is 0. The lowest BCUT2D eigenvalue weighted by Gasteiger charge is -2.27. The van der Waals surface area contributed by atoms with Crippen LogP contribution in [0.3, 0.4) is 0 Å². The Hall–Kier alpha value is -0.700. The Morgan fingerprint density at radius 2 is 2.00 bits per heavy atom. The van der Waals surface area contributed by atoms with Crippen LogP contribution in [0, 0.1) is 5.92 Å². The third-order valence-electron chi connectivity index (χ3n) is 2.00. The van der Waals surface area contributed by atoms with Crippen molar-refractivity contribution in [3.8, 4) is 0 Å². The van der Waals surface area contributed by atoms with Crippen molar-refractivity contribution in [1.82, 2.24) is 0 Å². The SMILES string of the molecule is O=C(OO)C1C=C(Br)C=CC1(Br)C(=O)OO. The van der Waals surface area contributed by atoms with Gasteiger partial charge in [-0.05, 0) is 0 Å². The molecule has 0 aliphatic heterocycles. The van der Waals surface area contributed by atoms with Crippen LogP contribution < -0.4 is 0 Å². The topological polar surface area (TPSA) is 93.1 Å². The van der Waals surface area contributed by atoms with E-state index in [0.717, 1.165) is 0 Å². The van der Waals surface area contributed by atoms with Gasteiger partial charge in [0.1, 0.15) is 5.92 Å². The fraction of sp³-hybridized carbons (Fsp3) is 0.250.